The molecule has 0 spiro atoms. The van der Waals surface area contributed by atoms with Crippen LogP contribution in [0.3, 0.4) is 0 Å². The summed E-state index contributed by atoms with van der Waals surface area (Å²) in [5, 5.41) is 16.6. The summed E-state index contributed by atoms with van der Waals surface area (Å²) < 4.78 is 58.5. The first-order valence-corrected chi connectivity index (χ1v) is 8.63. The van der Waals surface area contributed by atoms with Crippen LogP contribution in [-0.2, 0) is 17.1 Å². The fourth-order valence-electron chi connectivity index (χ4n) is 2.21. The Bertz CT molecular complexity index is 1090. The molecule has 0 radical (unpaired) electrons. The zero-order chi connectivity index (χ0) is 19.4. The lowest BCUT2D eigenvalue weighted by Gasteiger charge is -2.11. The van der Waals surface area contributed by atoms with E-state index in [-0.39, 0.29) is 29.2 Å². The molecule has 3 rings (SSSR count). The van der Waals surface area contributed by atoms with Crippen LogP contribution in [0, 0.1) is 17.1 Å². The van der Waals surface area contributed by atoms with Crippen LogP contribution in [0.4, 0.5) is 8.28 Å². The van der Waals surface area contributed by atoms with Crippen molar-refractivity contribution in [2.75, 3.05) is 0 Å². The van der Waals surface area contributed by atoms with Crippen molar-refractivity contribution in [3.63, 3.8) is 0 Å². The minimum atomic E-state index is -5.12. The SMILES string of the molecule is N#Cc1cc(-n2ccnn2)cc(F)c1COc1ccc(OS(=O)(=O)F)cc1. The third-order valence-electron chi connectivity index (χ3n) is 3.39. The largest absolute Gasteiger partial charge is 0.489 e. The van der Waals surface area contributed by atoms with Crippen molar-refractivity contribution < 1.29 is 25.6 Å². The molecule has 2 aromatic carbocycles. The first kappa shape index (κ1) is 18.3. The number of hydrogen-bond acceptors (Lipinski definition) is 7. The number of halogens is 2. The topological polar surface area (TPSA) is 107 Å². The molecule has 0 aliphatic carbocycles. The number of aromatic nitrogens is 3. The van der Waals surface area contributed by atoms with E-state index in [9.17, 15) is 22.0 Å². The molecular weight excluding hydrogens is 382 g/mol. The van der Waals surface area contributed by atoms with Crippen molar-refractivity contribution in [2.45, 2.75) is 6.61 Å². The van der Waals surface area contributed by atoms with Crippen molar-refractivity contribution >= 4 is 10.5 Å². The van der Waals surface area contributed by atoms with Crippen molar-refractivity contribution in [3.05, 3.63) is 65.7 Å². The molecule has 1 heterocycles. The second-order valence-corrected chi connectivity index (χ2v) is 6.10. The Kier molecular flexibility index (Phi) is 5.00. The molecule has 0 unspecified atom stereocenters. The highest BCUT2D eigenvalue weighted by molar-refractivity contribution is 7.81. The van der Waals surface area contributed by atoms with E-state index in [0.717, 1.165) is 0 Å². The molecule has 0 saturated heterocycles. The molecule has 0 N–H and O–H groups in total. The molecule has 1 aromatic heterocycles. The monoisotopic (exact) mass is 392 g/mol. The third kappa shape index (κ3) is 4.56. The van der Waals surface area contributed by atoms with Crippen molar-refractivity contribution in [1.82, 2.24) is 15.0 Å². The molecule has 8 nitrogen and oxygen atoms in total. The Morgan fingerprint density at radius 3 is 2.48 bits per heavy atom. The second-order valence-electron chi connectivity index (χ2n) is 5.15. The predicted molar refractivity (Wildman–Crippen MR) is 87.5 cm³/mol. The molecule has 0 bridgehead atoms. The molecule has 11 heteroatoms. The van der Waals surface area contributed by atoms with Gasteiger partial charge in [0.25, 0.3) is 0 Å². The van der Waals surface area contributed by atoms with Crippen LogP contribution in [0.1, 0.15) is 11.1 Å². The predicted octanol–water partition coefficient (Wildman–Crippen LogP) is 2.45. The number of nitriles is 1. The summed E-state index contributed by atoms with van der Waals surface area (Å²) in [7, 11) is -5.12. The average Bonchev–Trinajstić information content (AvgIpc) is 3.14. The highest BCUT2D eigenvalue weighted by Gasteiger charge is 2.14. The lowest BCUT2D eigenvalue weighted by Crippen LogP contribution is -2.05. The van der Waals surface area contributed by atoms with Crippen LogP contribution < -0.4 is 8.92 Å². The fraction of sp³-hybridized carbons (Fsp3) is 0.0625. The molecule has 0 amide bonds. The van der Waals surface area contributed by atoms with Crippen LogP contribution in [0.5, 0.6) is 11.5 Å². The van der Waals surface area contributed by atoms with Gasteiger partial charge in [-0.1, -0.05) is 9.10 Å². The summed E-state index contributed by atoms with van der Waals surface area (Å²) >= 11 is 0. The van der Waals surface area contributed by atoms with Gasteiger partial charge in [0.05, 0.1) is 29.7 Å². The zero-order valence-corrected chi connectivity index (χ0v) is 14.2. The Morgan fingerprint density at radius 2 is 1.89 bits per heavy atom. The van der Waals surface area contributed by atoms with Gasteiger partial charge in [-0.2, -0.15) is 13.7 Å². The molecule has 27 heavy (non-hydrogen) atoms. The van der Waals surface area contributed by atoms with E-state index in [1.807, 2.05) is 6.07 Å². The van der Waals surface area contributed by atoms with Crippen LogP contribution >= 0.6 is 0 Å². The van der Waals surface area contributed by atoms with E-state index in [1.165, 1.54) is 53.5 Å². The molecule has 138 valence electrons. The van der Waals surface area contributed by atoms with Crippen LogP contribution in [0.15, 0.2) is 48.8 Å². The van der Waals surface area contributed by atoms with Gasteiger partial charge in [-0.05, 0) is 30.3 Å². The van der Waals surface area contributed by atoms with E-state index in [0.29, 0.717) is 5.69 Å². The number of ether oxygens (including phenoxy) is 1. The Hall–Kier alpha value is -3.52. The summed E-state index contributed by atoms with van der Waals surface area (Å²) in [4.78, 5) is 0. The number of benzene rings is 2. The summed E-state index contributed by atoms with van der Waals surface area (Å²) in [5.41, 5.74) is 0.427. The minimum absolute atomic E-state index is 0.0352. The third-order valence-corrected chi connectivity index (χ3v) is 3.78. The van der Waals surface area contributed by atoms with Crippen LogP contribution in [0.25, 0.3) is 5.69 Å². The normalized spacial score (nSPS) is 11.0. The number of nitrogens with zero attached hydrogens (tertiary/aromatic N) is 4. The van der Waals surface area contributed by atoms with Gasteiger partial charge in [-0.25, -0.2) is 9.07 Å². The first-order valence-electron chi connectivity index (χ1n) is 7.32. The van der Waals surface area contributed by atoms with Crippen molar-refractivity contribution in [1.29, 1.82) is 5.26 Å². The molecule has 0 atom stereocenters. The van der Waals surface area contributed by atoms with Gasteiger partial charge < -0.3 is 8.92 Å². The van der Waals surface area contributed by atoms with Gasteiger partial charge in [0.2, 0.25) is 0 Å². The lowest BCUT2D eigenvalue weighted by molar-refractivity contribution is 0.299. The molecule has 3 aromatic rings. The molecule has 0 aliphatic heterocycles. The molecule has 0 aliphatic rings. The highest BCUT2D eigenvalue weighted by Crippen LogP contribution is 2.23. The van der Waals surface area contributed by atoms with E-state index >= 15 is 0 Å². The van der Waals surface area contributed by atoms with Gasteiger partial charge in [0.15, 0.2) is 0 Å². The van der Waals surface area contributed by atoms with Gasteiger partial charge in [-0.15, -0.1) is 5.10 Å². The summed E-state index contributed by atoms with van der Waals surface area (Å²) in [5.74, 6) is -0.670. The van der Waals surface area contributed by atoms with E-state index in [1.54, 1.807) is 0 Å². The van der Waals surface area contributed by atoms with Gasteiger partial charge in [0.1, 0.15) is 23.9 Å². The maximum absolute atomic E-state index is 14.4. The standard InChI is InChI=1S/C16H10F2N4O4S/c17-16-8-12(22-6-5-20-21-22)7-11(9-19)15(16)10-25-13-1-3-14(4-2-13)26-27(18,23)24/h1-8H,10H2. The van der Waals surface area contributed by atoms with Crippen molar-refractivity contribution in [2.24, 2.45) is 0 Å². The Morgan fingerprint density at radius 1 is 1.19 bits per heavy atom. The van der Waals surface area contributed by atoms with Crippen LogP contribution in [-0.4, -0.2) is 23.4 Å². The highest BCUT2D eigenvalue weighted by atomic mass is 32.3. The Balaban J connectivity index is 1.77. The summed E-state index contributed by atoms with van der Waals surface area (Å²) in [6.45, 7) is -0.256. The first-order chi connectivity index (χ1) is 12.9. The van der Waals surface area contributed by atoms with Crippen molar-refractivity contribution in [3.8, 4) is 23.3 Å². The Labute approximate surface area is 152 Å². The summed E-state index contributed by atoms with van der Waals surface area (Å²) in [6.07, 6.45) is 2.93. The number of rotatable bonds is 6. The quantitative estimate of drug-likeness (QED) is 0.593. The maximum atomic E-state index is 14.4. The zero-order valence-electron chi connectivity index (χ0n) is 13.4. The fourth-order valence-corrected chi connectivity index (χ4v) is 2.55. The maximum Gasteiger partial charge on any atom is 0.488 e. The van der Waals surface area contributed by atoms with E-state index in [4.69, 9.17) is 4.74 Å². The van der Waals surface area contributed by atoms with Gasteiger partial charge >= 0.3 is 10.5 Å². The smallest absolute Gasteiger partial charge is 0.488 e. The van der Waals surface area contributed by atoms with E-state index in [2.05, 4.69) is 14.5 Å². The second kappa shape index (κ2) is 7.38. The average molecular weight is 392 g/mol. The number of hydrogen-bond donors (Lipinski definition) is 0. The summed E-state index contributed by atoms with van der Waals surface area (Å²) in [6, 6.07) is 9.50. The van der Waals surface area contributed by atoms with Gasteiger partial charge in [0, 0.05) is 11.6 Å². The molecule has 0 fully saturated rings. The minimum Gasteiger partial charge on any atom is -0.489 e. The van der Waals surface area contributed by atoms with Crippen LogP contribution in [0.2, 0.25) is 0 Å². The van der Waals surface area contributed by atoms with E-state index < -0.39 is 16.3 Å². The molecule has 0 saturated carbocycles. The lowest BCUT2D eigenvalue weighted by atomic mass is 10.1. The molecular formula is C16H10F2N4O4S. The van der Waals surface area contributed by atoms with Gasteiger partial charge in [-0.3, -0.25) is 0 Å².